The van der Waals surface area contributed by atoms with Gasteiger partial charge in [0.05, 0.1) is 3.79 Å². The number of halogens is 1. The van der Waals surface area contributed by atoms with Crippen molar-refractivity contribution in [2.24, 2.45) is 0 Å². The average Bonchev–Trinajstić information content (AvgIpc) is 2.92. The van der Waals surface area contributed by atoms with Crippen LogP contribution in [-0.4, -0.2) is 29.1 Å². The molecule has 1 aliphatic heterocycles. The van der Waals surface area contributed by atoms with Gasteiger partial charge < -0.3 is 10.2 Å². The first-order chi connectivity index (χ1) is 9.81. The second-order valence-electron chi connectivity index (χ2n) is 4.95. The van der Waals surface area contributed by atoms with Crippen molar-refractivity contribution < 1.29 is 0 Å². The Labute approximate surface area is 131 Å². The van der Waals surface area contributed by atoms with Gasteiger partial charge in [-0.15, -0.1) is 11.3 Å². The van der Waals surface area contributed by atoms with Gasteiger partial charge in [-0.3, -0.25) is 0 Å². The minimum atomic E-state index is 0.591. The van der Waals surface area contributed by atoms with Gasteiger partial charge in [0, 0.05) is 38.1 Å². The average molecular weight is 353 g/mol. The van der Waals surface area contributed by atoms with Crippen LogP contribution >= 0.6 is 27.3 Å². The summed E-state index contributed by atoms with van der Waals surface area (Å²) in [6, 6.07) is 4.63. The summed E-state index contributed by atoms with van der Waals surface area (Å²) in [5, 5.41) is 5.84. The molecule has 106 valence electrons. The van der Waals surface area contributed by atoms with Crippen molar-refractivity contribution in [1.82, 2.24) is 15.3 Å². The summed E-state index contributed by atoms with van der Waals surface area (Å²) < 4.78 is 1.20. The molecule has 2 aromatic heterocycles. The van der Waals surface area contributed by atoms with Crippen molar-refractivity contribution in [2.45, 2.75) is 25.4 Å². The predicted octanol–water partition coefficient (Wildman–Crippen LogP) is 3.06. The first kappa shape index (κ1) is 14.0. The van der Waals surface area contributed by atoms with Gasteiger partial charge in [-0.25, -0.2) is 9.97 Å². The molecule has 0 radical (unpaired) electrons. The van der Waals surface area contributed by atoms with Crippen molar-refractivity contribution >= 4 is 33.2 Å². The molecule has 0 amide bonds. The highest BCUT2D eigenvalue weighted by atomic mass is 79.9. The second kappa shape index (κ2) is 6.65. The van der Waals surface area contributed by atoms with E-state index in [0.717, 1.165) is 38.4 Å². The lowest BCUT2D eigenvalue weighted by molar-refractivity contribution is 0.411. The van der Waals surface area contributed by atoms with Gasteiger partial charge in [0.15, 0.2) is 0 Å². The molecule has 1 saturated heterocycles. The highest BCUT2D eigenvalue weighted by molar-refractivity contribution is 9.11. The van der Waals surface area contributed by atoms with E-state index in [-0.39, 0.29) is 0 Å². The van der Waals surface area contributed by atoms with Crippen LogP contribution in [0.15, 0.2) is 33.7 Å². The van der Waals surface area contributed by atoms with E-state index < -0.39 is 0 Å². The van der Waals surface area contributed by atoms with Gasteiger partial charge in [0.2, 0.25) is 5.95 Å². The minimum absolute atomic E-state index is 0.591. The summed E-state index contributed by atoms with van der Waals surface area (Å²) in [5.74, 6) is 0.854. The number of hydrogen-bond donors (Lipinski definition) is 1. The Morgan fingerprint density at radius 3 is 2.70 bits per heavy atom. The lowest BCUT2D eigenvalue weighted by Crippen LogP contribution is -2.42. The molecule has 0 spiro atoms. The Kier molecular flexibility index (Phi) is 4.65. The Morgan fingerprint density at radius 2 is 2.05 bits per heavy atom. The van der Waals surface area contributed by atoms with Crippen molar-refractivity contribution in [2.75, 3.05) is 18.0 Å². The van der Waals surface area contributed by atoms with E-state index in [9.17, 15) is 0 Å². The van der Waals surface area contributed by atoms with Crippen LogP contribution in [0.1, 0.15) is 18.4 Å². The molecule has 4 nitrogen and oxygen atoms in total. The molecule has 1 fully saturated rings. The normalized spacial score (nSPS) is 16.6. The van der Waals surface area contributed by atoms with Crippen molar-refractivity contribution in [1.29, 1.82) is 0 Å². The third-order valence-electron chi connectivity index (χ3n) is 3.55. The first-order valence-corrected chi connectivity index (χ1v) is 8.47. The van der Waals surface area contributed by atoms with Crippen LogP contribution in [0.3, 0.4) is 0 Å². The number of rotatable bonds is 4. The molecular weight excluding hydrogens is 336 g/mol. The monoisotopic (exact) mass is 352 g/mol. The van der Waals surface area contributed by atoms with E-state index in [4.69, 9.17) is 0 Å². The van der Waals surface area contributed by atoms with Gasteiger partial charge in [0.1, 0.15) is 0 Å². The molecule has 0 aliphatic carbocycles. The van der Waals surface area contributed by atoms with Crippen LogP contribution in [0, 0.1) is 0 Å². The number of thiophene rings is 1. The zero-order valence-corrected chi connectivity index (χ0v) is 13.5. The van der Waals surface area contributed by atoms with E-state index in [1.54, 1.807) is 23.7 Å². The number of anilines is 1. The summed E-state index contributed by atoms with van der Waals surface area (Å²) in [4.78, 5) is 10.9. The van der Waals surface area contributed by atoms with Crippen LogP contribution in [0.25, 0.3) is 0 Å². The largest absolute Gasteiger partial charge is 0.341 e. The fourth-order valence-corrected chi connectivity index (χ4v) is 3.65. The van der Waals surface area contributed by atoms with Crippen LogP contribution in [0.5, 0.6) is 0 Å². The number of piperidine rings is 1. The van der Waals surface area contributed by atoms with Gasteiger partial charge in [-0.2, -0.15) is 0 Å². The second-order valence-corrected chi connectivity index (χ2v) is 7.24. The molecule has 1 N–H and O–H groups in total. The van der Waals surface area contributed by atoms with Crippen LogP contribution in [0.4, 0.5) is 5.95 Å². The minimum Gasteiger partial charge on any atom is -0.341 e. The molecule has 0 unspecified atom stereocenters. The predicted molar refractivity (Wildman–Crippen MR) is 86.1 cm³/mol. The molecular formula is C14H17BrN4S. The highest BCUT2D eigenvalue weighted by Crippen LogP contribution is 2.21. The molecule has 2 aromatic rings. The van der Waals surface area contributed by atoms with E-state index in [2.05, 4.69) is 47.6 Å². The lowest BCUT2D eigenvalue weighted by Gasteiger charge is -2.32. The Balaban J connectivity index is 1.47. The first-order valence-electron chi connectivity index (χ1n) is 6.79. The van der Waals surface area contributed by atoms with Gasteiger partial charge in [0.25, 0.3) is 0 Å². The Hall–Kier alpha value is -0.980. The van der Waals surface area contributed by atoms with E-state index >= 15 is 0 Å². The molecule has 0 saturated carbocycles. The topological polar surface area (TPSA) is 41.0 Å². The fourth-order valence-electron chi connectivity index (χ4n) is 2.44. The number of nitrogens with zero attached hydrogens (tertiary/aromatic N) is 3. The van der Waals surface area contributed by atoms with E-state index in [1.807, 2.05) is 6.07 Å². The van der Waals surface area contributed by atoms with Crippen LogP contribution in [-0.2, 0) is 6.54 Å². The SMILES string of the molecule is Brc1cc(CNC2CCN(c3ncccn3)CC2)cs1. The smallest absolute Gasteiger partial charge is 0.225 e. The summed E-state index contributed by atoms with van der Waals surface area (Å²) in [6.45, 7) is 3.00. The Morgan fingerprint density at radius 1 is 1.30 bits per heavy atom. The Bertz CT molecular complexity index is 537. The summed E-state index contributed by atoms with van der Waals surface area (Å²) in [6.07, 6.45) is 5.90. The maximum Gasteiger partial charge on any atom is 0.225 e. The molecule has 0 bridgehead atoms. The molecule has 1 aliphatic rings. The van der Waals surface area contributed by atoms with Crippen molar-refractivity contribution in [3.05, 3.63) is 39.3 Å². The summed E-state index contributed by atoms with van der Waals surface area (Å²) >= 11 is 5.24. The fraction of sp³-hybridized carbons (Fsp3) is 0.429. The van der Waals surface area contributed by atoms with Crippen molar-refractivity contribution in [3.8, 4) is 0 Å². The molecule has 0 aromatic carbocycles. The number of aromatic nitrogens is 2. The van der Waals surface area contributed by atoms with Crippen LogP contribution < -0.4 is 10.2 Å². The van der Waals surface area contributed by atoms with Gasteiger partial charge in [-0.05, 0) is 51.8 Å². The molecule has 3 heterocycles. The third kappa shape index (κ3) is 3.56. The standard InChI is InChI=1S/C14H17BrN4S/c15-13-8-11(10-20-13)9-18-12-2-6-19(7-3-12)14-16-4-1-5-17-14/h1,4-5,8,10,12,18H,2-3,6-7,9H2. The third-order valence-corrected chi connectivity index (χ3v) is 5.10. The molecule has 20 heavy (non-hydrogen) atoms. The zero-order valence-electron chi connectivity index (χ0n) is 11.1. The van der Waals surface area contributed by atoms with Gasteiger partial charge in [-0.1, -0.05) is 0 Å². The van der Waals surface area contributed by atoms with Crippen molar-refractivity contribution in [3.63, 3.8) is 0 Å². The zero-order chi connectivity index (χ0) is 13.8. The molecule has 0 atom stereocenters. The quantitative estimate of drug-likeness (QED) is 0.917. The maximum atomic E-state index is 4.31. The number of nitrogens with one attached hydrogen (secondary N) is 1. The van der Waals surface area contributed by atoms with Gasteiger partial charge >= 0.3 is 0 Å². The maximum absolute atomic E-state index is 4.31. The molecule has 3 rings (SSSR count). The van der Waals surface area contributed by atoms with E-state index in [1.165, 1.54) is 9.35 Å². The lowest BCUT2D eigenvalue weighted by atomic mass is 10.1. The highest BCUT2D eigenvalue weighted by Gasteiger charge is 2.20. The van der Waals surface area contributed by atoms with Crippen LogP contribution in [0.2, 0.25) is 0 Å². The van der Waals surface area contributed by atoms with E-state index in [0.29, 0.717) is 6.04 Å². The number of hydrogen-bond acceptors (Lipinski definition) is 5. The summed E-state index contributed by atoms with van der Waals surface area (Å²) in [7, 11) is 0. The summed E-state index contributed by atoms with van der Waals surface area (Å²) in [5.41, 5.74) is 1.36. The molecule has 6 heteroatoms.